The Hall–Kier alpha value is -3.08. The number of aromatic nitrogens is 2. The van der Waals surface area contributed by atoms with Crippen molar-refractivity contribution in [2.24, 2.45) is 0 Å². The monoisotopic (exact) mass is 320 g/mol. The quantitative estimate of drug-likeness (QED) is 0.782. The summed E-state index contributed by atoms with van der Waals surface area (Å²) in [5.74, 6) is -0.115. The Labute approximate surface area is 141 Å². The molecular formula is C19H20N4O. The zero-order chi connectivity index (χ0) is 16.9. The van der Waals surface area contributed by atoms with Gasteiger partial charge in [0.15, 0.2) is 0 Å². The number of benzene rings is 2. The lowest BCUT2D eigenvalue weighted by atomic mass is 10.1. The van der Waals surface area contributed by atoms with Crippen molar-refractivity contribution in [1.29, 1.82) is 0 Å². The first-order chi connectivity index (χ1) is 11.7. The minimum Gasteiger partial charge on any atom is -0.375 e. The molecule has 5 nitrogen and oxygen atoms in total. The van der Waals surface area contributed by atoms with E-state index in [0.717, 1.165) is 23.6 Å². The highest BCUT2D eigenvalue weighted by atomic mass is 16.1. The SMILES string of the molecule is CCN(C)c1ccc(C(=O)Nc2ccc(-n3ccnc3)cc2)cc1. The molecule has 0 aliphatic carbocycles. The number of amides is 1. The van der Waals surface area contributed by atoms with E-state index >= 15 is 0 Å². The average Bonchev–Trinajstić information content (AvgIpc) is 3.16. The molecule has 1 aromatic heterocycles. The number of hydrogen-bond donors (Lipinski definition) is 1. The van der Waals surface area contributed by atoms with Crippen molar-refractivity contribution in [3.63, 3.8) is 0 Å². The van der Waals surface area contributed by atoms with Crippen LogP contribution in [-0.2, 0) is 0 Å². The summed E-state index contributed by atoms with van der Waals surface area (Å²) < 4.78 is 1.91. The van der Waals surface area contributed by atoms with Crippen LogP contribution in [0.3, 0.4) is 0 Å². The first kappa shape index (κ1) is 15.8. The van der Waals surface area contributed by atoms with Crippen molar-refractivity contribution in [1.82, 2.24) is 9.55 Å². The summed E-state index contributed by atoms with van der Waals surface area (Å²) in [6.45, 7) is 3.02. The van der Waals surface area contributed by atoms with Crippen molar-refractivity contribution in [2.45, 2.75) is 6.92 Å². The number of carbonyl (C=O) groups excluding carboxylic acids is 1. The molecule has 122 valence electrons. The number of rotatable bonds is 5. The standard InChI is InChI=1S/C19H20N4O/c1-3-22(2)17-8-4-15(5-9-17)19(24)21-16-6-10-18(11-7-16)23-13-12-20-14-23/h4-14H,3H2,1-2H3,(H,21,24). The van der Waals surface area contributed by atoms with Crippen molar-refractivity contribution in [2.75, 3.05) is 23.8 Å². The third kappa shape index (κ3) is 3.46. The Kier molecular flexibility index (Phi) is 4.61. The van der Waals surface area contributed by atoms with Gasteiger partial charge in [-0.05, 0) is 55.5 Å². The third-order valence-corrected chi connectivity index (χ3v) is 3.97. The van der Waals surface area contributed by atoms with Crippen LogP contribution in [0, 0.1) is 0 Å². The molecule has 5 heteroatoms. The van der Waals surface area contributed by atoms with Gasteiger partial charge in [0.25, 0.3) is 5.91 Å². The molecular weight excluding hydrogens is 300 g/mol. The number of anilines is 2. The van der Waals surface area contributed by atoms with Crippen LogP contribution >= 0.6 is 0 Å². The molecule has 0 fully saturated rings. The van der Waals surface area contributed by atoms with E-state index in [1.165, 1.54) is 0 Å². The summed E-state index contributed by atoms with van der Waals surface area (Å²) >= 11 is 0. The van der Waals surface area contributed by atoms with E-state index in [-0.39, 0.29) is 5.91 Å². The Bertz CT molecular complexity index is 792. The highest BCUT2D eigenvalue weighted by Crippen LogP contribution is 2.16. The smallest absolute Gasteiger partial charge is 0.255 e. The van der Waals surface area contributed by atoms with Gasteiger partial charge in [-0.3, -0.25) is 4.79 Å². The third-order valence-electron chi connectivity index (χ3n) is 3.97. The Morgan fingerprint density at radius 2 is 1.83 bits per heavy atom. The summed E-state index contributed by atoms with van der Waals surface area (Å²) in [5, 5.41) is 2.92. The molecule has 0 aliphatic rings. The fraction of sp³-hybridized carbons (Fsp3) is 0.158. The molecule has 0 bridgehead atoms. The number of nitrogens with zero attached hydrogens (tertiary/aromatic N) is 3. The van der Waals surface area contributed by atoms with Gasteiger partial charge in [-0.1, -0.05) is 0 Å². The van der Waals surface area contributed by atoms with E-state index in [2.05, 4.69) is 22.1 Å². The molecule has 0 aliphatic heterocycles. The van der Waals surface area contributed by atoms with Gasteiger partial charge in [0.1, 0.15) is 0 Å². The molecule has 3 rings (SSSR count). The van der Waals surface area contributed by atoms with Crippen LogP contribution in [0.5, 0.6) is 0 Å². The lowest BCUT2D eigenvalue weighted by Crippen LogP contribution is -2.16. The van der Waals surface area contributed by atoms with E-state index in [4.69, 9.17) is 0 Å². The second-order valence-corrected chi connectivity index (χ2v) is 5.53. The maximum atomic E-state index is 12.3. The van der Waals surface area contributed by atoms with E-state index in [1.807, 2.05) is 66.3 Å². The van der Waals surface area contributed by atoms with Gasteiger partial charge in [-0.25, -0.2) is 4.98 Å². The lowest BCUT2D eigenvalue weighted by Gasteiger charge is -2.16. The summed E-state index contributed by atoms with van der Waals surface area (Å²) in [5.41, 5.74) is 3.50. The second kappa shape index (κ2) is 7.00. The van der Waals surface area contributed by atoms with Crippen LogP contribution < -0.4 is 10.2 Å². The second-order valence-electron chi connectivity index (χ2n) is 5.53. The van der Waals surface area contributed by atoms with Gasteiger partial charge >= 0.3 is 0 Å². The summed E-state index contributed by atoms with van der Waals surface area (Å²) in [7, 11) is 2.02. The zero-order valence-electron chi connectivity index (χ0n) is 13.8. The topological polar surface area (TPSA) is 50.2 Å². The molecule has 1 N–H and O–H groups in total. The van der Waals surface area contributed by atoms with Gasteiger partial charge in [0.2, 0.25) is 0 Å². The van der Waals surface area contributed by atoms with E-state index in [0.29, 0.717) is 5.56 Å². The molecule has 0 spiro atoms. The molecule has 0 saturated heterocycles. The molecule has 0 unspecified atom stereocenters. The van der Waals surface area contributed by atoms with Crippen LogP contribution in [0.4, 0.5) is 11.4 Å². The number of hydrogen-bond acceptors (Lipinski definition) is 3. The van der Waals surface area contributed by atoms with Crippen molar-refractivity contribution in [3.8, 4) is 5.69 Å². The van der Waals surface area contributed by atoms with E-state index < -0.39 is 0 Å². The lowest BCUT2D eigenvalue weighted by molar-refractivity contribution is 0.102. The largest absolute Gasteiger partial charge is 0.375 e. The van der Waals surface area contributed by atoms with Crippen LogP contribution in [0.1, 0.15) is 17.3 Å². The van der Waals surface area contributed by atoms with Gasteiger partial charge in [-0.2, -0.15) is 0 Å². The van der Waals surface area contributed by atoms with E-state index in [9.17, 15) is 4.79 Å². The van der Waals surface area contributed by atoms with Crippen LogP contribution in [0.2, 0.25) is 0 Å². The maximum absolute atomic E-state index is 12.3. The van der Waals surface area contributed by atoms with Crippen LogP contribution in [-0.4, -0.2) is 29.1 Å². The molecule has 3 aromatic rings. The van der Waals surface area contributed by atoms with Crippen LogP contribution in [0.25, 0.3) is 5.69 Å². The normalized spacial score (nSPS) is 10.4. The first-order valence-electron chi connectivity index (χ1n) is 7.88. The first-order valence-corrected chi connectivity index (χ1v) is 7.88. The average molecular weight is 320 g/mol. The number of carbonyl (C=O) groups is 1. The highest BCUT2D eigenvalue weighted by molar-refractivity contribution is 6.04. The summed E-state index contributed by atoms with van der Waals surface area (Å²) in [6, 6.07) is 15.3. The molecule has 1 heterocycles. The fourth-order valence-corrected chi connectivity index (χ4v) is 2.38. The number of nitrogens with one attached hydrogen (secondary N) is 1. The minimum atomic E-state index is -0.115. The van der Waals surface area contributed by atoms with Crippen LogP contribution in [0.15, 0.2) is 67.3 Å². The van der Waals surface area contributed by atoms with Gasteiger partial charge in [-0.15, -0.1) is 0 Å². The Morgan fingerprint density at radius 3 is 2.42 bits per heavy atom. The number of imidazole rings is 1. The van der Waals surface area contributed by atoms with Gasteiger partial charge in [0, 0.05) is 48.6 Å². The highest BCUT2D eigenvalue weighted by Gasteiger charge is 2.07. The molecule has 0 radical (unpaired) electrons. The molecule has 2 aromatic carbocycles. The minimum absolute atomic E-state index is 0.115. The molecule has 24 heavy (non-hydrogen) atoms. The van der Waals surface area contributed by atoms with Crippen molar-refractivity contribution < 1.29 is 4.79 Å². The molecule has 0 atom stereocenters. The fourth-order valence-electron chi connectivity index (χ4n) is 2.38. The zero-order valence-corrected chi connectivity index (χ0v) is 13.8. The van der Waals surface area contributed by atoms with E-state index in [1.54, 1.807) is 12.5 Å². The Balaban J connectivity index is 1.68. The van der Waals surface area contributed by atoms with Gasteiger partial charge in [0.05, 0.1) is 6.33 Å². The predicted molar refractivity (Wildman–Crippen MR) is 96.9 cm³/mol. The summed E-state index contributed by atoms with van der Waals surface area (Å²) in [6.07, 6.45) is 5.35. The Morgan fingerprint density at radius 1 is 1.12 bits per heavy atom. The van der Waals surface area contributed by atoms with Gasteiger partial charge < -0.3 is 14.8 Å². The summed E-state index contributed by atoms with van der Waals surface area (Å²) in [4.78, 5) is 18.5. The van der Waals surface area contributed by atoms with Crippen molar-refractivity contribution in [3.05, 3.63) is 72.8 Å². The molecule has 0 saturated carbocycles. The molecule has 1 amide bonds. The maximum Gasteiger partial charge on any atom is 0.255 e. The van der Waals surface area contributed by atoms with Crippen molar-refractivity contribution >= 4 is 17.3 Å². The predicted octanol–water partition coefficient (Wildman–Crippen LogP) is 3.58.